The number of aliphatic hydroxyl groups is 1. The van der Waals surface area contributed by atoms with Gasteiger partial charge in [0.1, 0.15) is 11.3 Å². The van der Waals surface area contributed by atoms with Gasteiger partial charge in [-0.25, -0.2) is 17.7 Å². The van der Waals surface area contributed by atoms with Gasteiger partial charge in [0.05, 0.1) is 26.7 Å². The van der Waals surface area contributed by atoms with Gasteiger partial charge in [-0.1, -0.05) is 0 Å². The highest BCUT2D eigenvalue weighted by atomic mass is 32.2. The Hall–Kier alpha value is -1.45. The molecule has 1 aliphatic heterocycles. The monoisotopic (exact) mass is 317 g/mol. The van der Waals surface area contributed by atoms with E-state index < -0.39 is 15.6 Å². The zero-order chi connectivity index (χ0) is 15.7. The third-order valence-electron chi connectivity index (χ3n) is 3.58. The Morgan fingerprint density at radius 1 is 1.29 bits per heavy atom. The molecule has 118 valence electrons. The van der Waals surface area contributed by atoms with Gasteiger partial charge < -0.3 is 14.6 Å². The van der Waals surface area contributed by atoms with Crippen LogP contribution in [0.3, 0.4) is 0 Å². The number of hydrogen-bond acceptors (Lipinski definition) is 7. The van der Waals surface area contributed by atoms with Crippen LogP contribution in [-0.2, 0) is 15.6 Å². The Balaban J connectivity index is 2.26. The first-order valence-electron chi connectivity index (χ1n) is 6.43. The van der Waals surface area contributed by atoms with Crippen molar-refractivity contribution in [1.82, 2.24) is 14.3 Å². The van der Waals surface area contributed by atoms with Gasteiger partial charge in [0.15, 0.2) is 0 Å². The van der Waals surface area contributed by atoms with Crippen molar-refractivity contribution in [2.45, 2.75) is 18.4 Å². The third kappa shape index (κ3) is 3.25. The summed E-state index contributed by atoms with van der Waals surface area (Å²) in [6.45, 7) is 0.457. The van der Waals surface area contributed by atoms with Gasteiger partial charge in [0.25, 0.3) is 0 Å². The SMILES string of the molecule is COc1cnc(C2(O)CCN(S(C)(=O)=O)CC2)c(OC)n1. The molecular formula is C12H19N3O5S. The summed E-state index contributed by atoms with van der Waals surface area (Å²) < 4.78 is 34.5. The lowest BCUT2D eigenvalue weighted by Crippen LogP contribution is -2.45. The molecule has 1 aliphatic rings. The molecule has 9 heteroatoms. The summed E-state index contributed by atoms with van der Waals surface area (Å²) in [6.07, 6.45) is 3.03. The Kier molecular flexibility index (Phi) is 4.35. The number of ether oxygens (including phenoxy) is 2. The van der Waals surface area contributed by atoms with Gasteiger partial charge >= 0.3 is 0 Å². The maximum atomic E-state index is 11.5. The number of methoxy groups -OCH3 is 2. The predicted octanol–water partition coefficient (Wildman–Crippen LogP) is -0.263. The minimum absolute atomic E-state index is 0.185. The molecule has 0 saturated carbocycles. The molecule has 0 amide bonds. The number of aromatic nitrogens is 2. The highest BCUT2D eigenvalue weighted by Crippen LogP contribution is 2.36. The first-order chi connectivity index (χ1) is 9.80. The summed E-state index contributed by atoms with van der Waals surface area (Å²) in [5, 5.41) is 10.8. The van der Waals surface area contributed by atoms with Crippen molar-refractivity contribution in [2.75, 3.05) is 33.6 Å². The van der Waals surface area contributed by atoms with Crippen molar-refractivity contribution < 1.29 is 23.0 Å². The zero-order valence-corrected chi connectivity index (χ0v) is 13.1. The minimum atomic E-state index is -3.25. The summed E-state index contributed by atoms with van der Waals surface area (Å²) in [6, 6.07) is 0. The molecule has 1 aromatic heterocycles. The number of rotatable bonds is 4. The standard InChI is InChI=1S/C12H19N3O5S/c1-19-9-8-13-10(11(14-9)20-2)12(16)4-6-15(7-5-12)21(3,17)18/h8,16H,4-7H2,1-3H3. The van der Waals surface area contributed by atoms with E-state index in [0.717, 1.165) is 6.26 Å². The molecule has 1 N–H and O–H groups in total. The summed E-state index contributed by atoms with van der Waals surface area (Å²) in [5.41, 5.74) is -0.954. The Morgan fingerprint density at radius 3 is 2.38 bits per heavy atom. The van der Waals surface area contributed by atoms with Crippen LogP contribution in [0.2, 0.25) is 0 Å². The van der Waals surface area contributed by atoms with Crippen molar-refractivity contribution >= 4 is 10.0 Å². The fourth-order valence-electron chi connectivity index (χ4n) is 2.34. The van der Waals surface area contributed by atoms with E-state index in [9.17, 15) is 13.5 Å². The molecule has 0 atom stereocenters. The van der Waals surface area contributed by atoms with Crippen molar-refractivity contribution in [1.29, 1.82) is 0 Å². The molecule has 2 heterocycles. The van der Waals surface area contributed by atoms with Gasteiger partial charge in [-0.05, 0) is 12.8 Å². The quantitative estimate of drug-likeness (QED) is 0.816. The normalized spacial score (nSPS) is 19.2. The van der Waals surface area contributed by atoms with Crippen LogP contribution in [0, 0.1) is 0 Å². The highest BCUT2D eigenvalue weighted by molar-refractivity contribution is 7.88. The van der Waals surface area contributed by atoms with Crippen molar-refractivity contribution in [3.8, 4) is 11.8 Å². The van der Waals surface area contributed by atoms with E-state index in [1.54, 1.807) is 0 Å². The molecule has 1 saturated heterocycles. The van der Waals surface area contributed by atoms with E-state index in [1.807, 2.05) is 0 Å². The Labute approximate surface area is 123 Å². The first kappa shape index (κ1) is 15.9. The largest absolute Gasteiger partial charge is 0.480 e. The molecule has 0 aliphatic carbocycles. The Morgan fingerprint density at radius 2 is 1.90 bits per heavy atom. The van der Waals surface area contributed by atoms with E-state index in [-0.39, 0.29) is 37.7 Å². The van der Waals surface area contributed by atoms with Crippen LogP contribution in [0.15, 0.2) is 6.20 Å². The van der Waals surface area contributed by atoms with E-state index in [4.69, 9.17) is 9.47 Å². The maximum Gasteiger partial charge on any atom is 0.241 e. The summed E-state index contributed by atoms with van der Waals surface area (Å²) in [4.78, 5) is 8.27. The minimum Gasteiger partial charge on any atom is -0.480 e. The van der Waals surface area contributed by atoms with Gasteiger partial charge in [0.2, 0.25) is 21.8 Å². The van der Waals surface area contributed by atoms with Crippen molar-refractivity contribution in [3.05, 3.63) is 11.9 Å². The van der Waals surface area contributed by atoms with Crippen LogP contribution >= 0.6 is 0 Å². The average molecular weight is 317 g/mol. The molecule has 0 spiro atoms. The van der Waals surface area contributed by atoms with Gasteiger partial charge in [-0.15, -0.1) is 0 Å². The van der Waals surface area contributed by atoms with E-state index in [0.29, 0.717) is 5.69 Å². The molecule has 8 nitrogen and oxygen atoms in total. The molecule has 0 radical (unpaired) electrons. The number of hydrogen-bond donors (Lipinski definition) is 1. The smallest absolute Gasteiger partial charge is 0.241 e. The van der Waals surface area contributed by atoms with Crippen LogP contribution in [0.4, 0.5) is 0 Å². The van der Waals surface area contributed by atoms with Crippen LogP contribution < -0.4 is 9.47 Å². The van der Waals surface area contributed by atoms with E-state index in [1.165, 1.54) is 24.7 Å². The van der Waals surface area contributed by atoms with Crippen LogP contribution in [0.5, 0.6) is 11.8 Å². The number of nitrogens with zero attached hydrogens (tertiary/aromatic N) is 3. The molecule has 1 fully saturated rings. The topological polar surface area (TPSA) is 102 Å². The van der Waals surface area contributed by atoms with E-state index >= 15 is 0 Å². The van der Waals surface area contributed by atoms with Gasteiger partial charge in [-0.3, -0.25) is 0 Å². The fourth-order valence-corrected chi connectivity index (χ4v) is 3.19. The summed E-state index contributed by atoms with van der Waals surface area (Å²) in [7, 11) is -0.356. The van der Waals surface area contributed by atoms with Gasteiger partial charge in [0, 0.05) is 13.1 Å². The highest BCUT2D eigenvalue weighted by Gasteiger charge is 2.40. The zero-order valence-electron chi connectivity index (χ0n) is 12.2. The second-order valence-electron chi connectivity index (χ2n) is 4.96. The van der Waals surface area contributed by atoms with Crippen LogP contribution in [0.25, 0.3) is 0 Å². The summed E-state index contributed by atoms with van der Waals surface area (Å²) >= 11 is 0. The predicted molar refractivity (Wildman–Crippen MR) is 74.7 cm³/mol. The molecule has 0 bridgehead atoms. The molecule has 1 aromatic rings. The van der Waals surface area contributed by atoms with E-state index in [2.05, 4.69) is 9.97 Å². The maximum absolute atomic E-state index is 11.5. The lowest BCUT2D eigenvalue weighted by atomic mass is 9.89. The summed E-state index contributed by atoms with van der Waals surface area (Å²) in [5.74, 6) is 0.470. The van der Waals surface area contributed by atoms with Crippen LogP contribution in [0.1, 0.15) is 18.5 Å². The lowest BCUT2D eigenvalue weighted by molar-refractivity contribution is -0.0158. The second kappa shape index (κ2) is 5.74. The molecule has 0 aromatic carbocycles. The molecule has 0 unspecified atom stereocenters. The molecule has 21 heavy (non-hydrogen) atoms. The molecule has 2 rings (SSSR count). The lowest BCUT2D eigenvalue weighted by Gasteiger charge is -2.36. The van der Waals surface area contributed by atoms with Crippen molar-refractivity contribution in [3.63, 3.8) is 0 Å². The average Bonchev–Trinajstić information content (AvgIpc) is 2.46. The van der Waals surface area contributed by atoms with Crippen molar-refractivity contribution in [2.24, 2.45) is 0 Å². The van der Waals surface area contributed by atoms with Gasteiger partial charge in [-0.2, -0.15) is 4.98 Å². The fraction of sp³-hybridized carbons (Fsp3) is 0.667. The number of piperidine rings is 1. The third-order valence-corrected chi connectivity index (χ3v) is 4.88. The number of sulfonamides is 1. The second-order valence-corrected chi connectivity index (χ2v) is 6.95. The van der Waals surface area contributed by atoms with Crippen LogP contribution in [-0.4, -0.2) is 61.4 Å². The molecular weight excluding hydrogens is 298 g/mol. The first-order valence-corrected chi connectivity index (χ1v) is 8.28. The Bertz CT molecular complexity index is 611.